The van der Waals surface area contributed by atoms with Gasteiger partial charge in [-0.15, -0.1) is 0 Å². The third kappa shape index (κ3) is 3.68. The number of hydrogen-bond donors (Lipinski definition) is 1. The van der Waals surface area contributed by atoms with Gasteiger partial charge in [-0.1, -0.05) is 49.0 Å². The standard InChI is InChI=1S/C22H18FN3OS/c1-2-12-24-22(27)17-10-11-19-21(25-17)26-20(14-6-5-7-15(23)13-14)16-8-3-4-9-18(16)28-19/h3-11,13H,2,12H2,1H3,(H,24,27). The van der Waals surface area contributed by atoms with E-state index in [1.807, 2.05) is 43.3 Å². The molecular weight excluding hydrogens is 373 g/mol. The number of carbonyl (C=O) groups excluding carboxylic acids is 1. The van der Waals surface area contributed by atoms with Crippen molar-refractivity contribution in [2.45, 2.75) is 23.1 Å². The Hall–Kier alpha value is -2.99. The third-order valence-corrected chi connectivity index (χ3v) is 5.40. The average Bonchev–Trinajstić information content (AvgIpc) is 2.88. The molecule has 0 fully saturated rings. The lowest BCUT2D eigenvalue weighted by Crippen LogP contribution is -2.24. The second-order valence-corrected chi connectivity index (χ2v) is 7.43. The number of hydrogen-bond acceptors (Lipinski definition) is 4. The Morgan fingerprint density at radius 3 is 2.75 bits per heavy atom. The molecular formula is C22H18FN3OS. The minimum atomic E-state index is -0.324. The van der Waals surface area contributed by atoms with Gasteiger partial charge in [-0.25, -0.2) is 14.4 Å². The van der Waals surface area contributed by atoms with Crippen LogP contribution in [0.2, 0.25) is 0 Å². The Balaban J connectivity index is 1.85. The van der Waals surface area contributed by atoms with E-state index in [2.05, 4.69) is 10.3 Å². The van der Waals surface area contributed by atoms with Gasteiger partial charge in [0, 0.05) is 22.6 Å². The predicted octanol–water partition coefficient (Wildman–Crippen LogP) is 4.99. The molecule has 0 spiro atoms. The van der Waals surface area contributed by atoms with Crippen LogP contribution in [0.15, 0.2) is 75.4 Å². The summed E-state index contributed by atoms with van der Waals surface area (Å²) in [6, 6.07) is 17.8. The largest absolute Gasteiger partial charge is 0.351 e. The maximum atomic E-state index is 13.9. The van der Waals surface area contributed by atoms with Crippen LogP contribution in [0.1, 0.15) is 35.0 Å². The van der Waals surface area contributed by atoms with E-state index < -0.39 is 0 Å². The molecule has 1 amide bonds. The molecule has 6 heteroatoms. The van der Waals surface area contributed by atoms with Crippen molar-refractivity contribution in [3.05, 3.63) is 83.3 Å². The minimum absolute atomic E-state index is 0.223. The van der Waals surface area contributed by atoms with E-state index in [9.17, 15) is 9.18 Å². The van der Waals surface area contributed by atoms with Crippen molar-refractivity contribution in [1.82, 2.24) is 10.3 Å². The van der Waals surface area contributed by atoms with E-state index in [4.69, 9.17) is 4.99 Å². The first-order chi connectivity index (χ1) is 13.7. The fourth-order valence-corrected chi connectivity index (χ4v) is 3.92. The smallest absolute Gasteiger partial charge is 0.269 e. The van der Waals surface area contributed by atoms with Gasteiger partial charge in [-0.05, 0) is 36.8 Å². The van der Waals surface area contributed by atoms with E-state index in [0.29, 0.717) is 29.3 Å². The summed E-state index contributed by atoms with van der Waals surface area (Å²) < 4.78 is 13.9. The molecule has 1 aliphatic heterocycles. The zero-order valence-corrected chi connectivity index (χ0v) is 16.1. The zero-order valence-electron chi connectivity index (χ0n) is 15.3. The van der Waals surface area contributed by atoms with Gasteiger partial charge in [-0.2, -0.15) is 0 Å². The molecule has 0 saturated heterocycles. The fourth-order valence-electron chi connectivity index (χ4n) is 2.94. The van der Waals surface area contributed by atoms with Crippen LogP contribution in [-0.2, 0) is 0 Å². The van der Waals surface area contributed by atoms with E-state index >= 15 is 0 Å². The summed E-state index contributed by atoms with van der Waals surface area (Å²) in [6.07, 6.45) is 0.851. The third-order valence-electron chi connectivity index (χ3n) is 4.29. The molecule has 1 aliphatic rings. The van der Waals surface area contributed by atoms with Gasteiger partial charge >= 0.3 is 0 Å². The number of nitrogens with one attached hydrogen (secondary N) is 1. The highest BCUT2D eigenvalue weighted by molar-refractivity contribution is 7.99. The van der Waals surface area contributed by atoms with Gasteiger partial charge in [0.15, 0.2) is 5.82 Å². The monoisotopic (exact) mass is 391 g/mol. The lowest BCUT2D eigenvalue weighted by Gasteiger charge is -2.08. The van der Waals surface area contributed by atoms with Crippen LogP contribution in [0.4, 0.5) is 10.2 Å². The molecule has 28 heavy (non-hydrogen) atoms. The van der Waals surface area contributed by atoms with E-state index in [-0.39, 0.29) is 11.7 Å². The summed E-state index contributed by atoms with van der Waals surface area (Å²) in [5.41, 5.74) is 2.54. The number of fused-ring (bicyclic) bond motifs is 2. The van der Waals surface area contributed by atoms with Crippen LogP contribution in [0, 0.1) is 5.82 Å². The first-order valence-electron chi connectivity index (χ1n) is 9.07. The normalized spacial score (nSPS) is 12.4. The molecule has 0 atom stereocenters. The van der Waals surface area contributed by atoms with E-state index in [1.54, 1.807) is 23.9 Å². The van der Waals surface area contributed by atoms with E-state index in [0.717, 1.165) is 21.8 Å². The zero-order chi connectivity index (χ0) is 19.5. The second-order valence-electron chi connectivity index (χ2n) is 6.34. The molecule has 4 rings (SSSR count). The van der Waals surface area contributed by atoms with Crippen LogP contribution in [-0.4, -0.2) is 23.1 Å². The number of nitrogens with zero attached hydrogens (tertiary/aromatic N) is 2. The minimum Gasteiger partial charge on any atom is -0.351 e. The number of aromatic nitrogens is 1. The summed E-state index contributed by atoms with van der Waals surface area (Å²) in [6.45, 7) is 2.59. The predicted molar refractivity (Wildman–Crippen MR) is 109 cm³/mol. The molecule has 140 valence electrons. The van der Waals surface area contributed by atoms with Gasteiger partial charge in [-0.3, -0.25) is 4.79 Å². The quantitative estimate of drug-likeness (QED) is 0.533. The Labute approximate surface area is 166 Å². The Bertz CT molecular complexity index is 1080. The fraction of sp³-hybridized carbons (Fsp3) is 0.136. The highest BCUT2D eigenvalue weighted by Gasteiger charge is 2.21. The Kier molecular flexibility index (Phi) is 5.21. The van der Waals surface area contributed by atoms with Crippen molar-refractivity contribution in [2.75, 3.05) is 6.54 Å². The molecule has 0 saturated carbocycles. The molecule has 0 bridgehead atoms. The second kappa shape index (κ2) is 7.94. The van der Waals surface area contributed by atoms with Gasteiger partial charge in [0.2, 0.25) is 0 Å². The van der Waals surface area contributed by atoms with Crippen molar-refractivity contribution in [3.8, 4) is 0 Å². The average molecular weight is 391 g/mol. The number of rotatable bonds is 4. The maximum absolute atomic E-state index is 13.9. The molecule has 3 aromatic rings. The van der Waals surface area contributed by atoms with Crippen LogP contribution >= 0.6 is 11.8 Å². The lowest BCUT2D eigenvalue weighted by atomic mass is 10.0. The highest BCUT2D eigenvalue weighted by atomic mass is 32.2. The summed E-state index contributed by atoms with van der Waals surface area (Å²) in [4.78, 5) is 23.4. The molecule has 4 nitrogen and oxygen atoms in total. The SMILES string of the molecule is CCCNC(=O)c1ccc2c(n1)N=C(c1cccc(F)c1)c1ccccc1S2. The molecule has 0 unspecified atom stereocenters. The molecule has 0 radical (unpaired) electrons. The van der Waals surface area contributed by atoms with Crippen molar-refractivity contribution < 1.29 is 9.18 Å². The molecule has 1 aromatic heterocycles. The summed E-state index contributed by atoms with van der Waals surface area (Å²) in [5, 5.41) is 2.83. The van der Waals surface area contributed by atoms with Crippen LogP contribution in [0.25, 0.3) is 0 Å². The number of halogens is 1. The summed E-state index contributed by atoms with van der Waals surface area (Å²) >= 11 is 1.54. The summed E-state index contributed by atoms with van der Waals surface area (Å²) in [7, 11) is 0. The number of pyridine rings is 1. The number of carbonyl (C=O) groups is 1. The van der Waals surface area contributed by atoms with Crippen LogP contribution < -0.4 is 5.32 Å². The Morgan fingerprint density at radius 2 is 1.93 bits per heavy atom. The van der Waals surface area contributed by atoms with E-state index in [1.165, 1.54) is 12.1 Å². The van der Waals surface area contributed by atoms with Crippen molar-refractivity contribution in [2.24, 2.45) is 4.99 Å². The first-order valence-corrected chi connectivity index (χ1v) is 9.88. The van der Waals surface area contributed by atoms with Crippen LogP contribution in [0.3, 0.4) is 0 Å². The molecule has 2 heterocycles. The number of benzene rings is 2. The van der Waals surface area contributed by atoms with Crippen molar-refractivity contribution in [3.63, 3.8) is 0 Å². The highest BCUT2D eigenvalue weighted by Crippen LogP contribution is 2.40. The van der Waals surface area contributed by atoms with Gasteiger partial charge < -0.3 is 5.32 Å². The first kappa shape index (κ1) is 18.4. The molecule has 2 aromatic carbocycles. The maximum Gasteiger partial charge on any atom is 0.269 e. The van der Waals surface area contributed by atoms with Gasteiger partial charge in [0.25, 0.3) is 5.91 Å². The van der Waals surface area contributed by atoms with Crippen LogP contribution in [0.5, 0.6) is 0 Å². The Morgan fingerprint density at radius 1 is 1.07 bits per heavy atom. The van der Waals surface area contributed by atoms with Crippen molar-refractivity contribution >= 4 is 29.2 Å². The number of amides is 1. The van der Waals surface area contributed by atoms with Gasteiger partial charge in [0.05, 0.1) is 10.6 Å². The number of aliphatic imine (C=N–C) groups is 1. The topological polar surface area (TPSA) is 54.4 Å². The lowest BCUT2D eigenvalue weighted by molar-refractivity contribution is 0.0948. The summed E-state index contributed by atoms with van der Waals surface area (Å²) in [5.74, 6) is -0.0843. The molecule has 1 N–H and O–H groups in total. The van der Waals surface area contributed by atoms with Gasteiger partial charge in [0.1, 0.15) is 11.5 Å². The van der Waals surface area contributed by atoms with Crippen molar-refractivity contribution in [1.29, 1.82) is 0 Å². The molecule has 0 aliphatic carbocycles.